The fourth-order valence-corrected chi connectivity index (χ4v) is 2.41. The quantitative estimate of drug-likeness (QED) is 0.777. The van der Waals surface area contributed by atoms with E-state index >= 15 is 0 Å². The van der Waals surface area contributed by atoms with E-state index in [1.165, 1.54) is 0 Å². The normalized spacial score (nSPS) is 20.9. The Hall–Kier alpha value is -0.600. The summed E-state index contributed by atoms with van der Waals surface area (Å²) in [5.41, 5.74) is 2.38. The van der Waals surface area contributed by atoms with Gasteiger partial charge in [-0.3, -0.25) is 0 Å². The molecule has 0 aromatic heterocycles. The van der Waals surface area contributed by atoms with Gasteiger partial charge in [0.25, 0.3) is 0 Å². The van der Waals surface area contributed by atoms with Gasteiger partial charge in [0.15, 0.2) is 0 Å². The van der Waals surface area contributed by atoms with E-state index in [9.17, 15) is 4.39 Å². The molecule has 1 atom stereocenters. The molecule has 1 aromatic carbocycles. The van der Waals surface area contributed by atoms with Crippen LogP contribution in [-0.2, 0) is 0 Å². The van der Waals surface area contributed by atoms with E-state index in [-0.39, 0.29) is 5.82 Å². The molecular weight excluding hydrogens is 213 g/mol. The number of benzene rings is 1. The van der Waals surface area contributed by atoms with E-state index < -0.39 is 0 Å². The minimum Gasteiger partial charge on any atom is -0.316 e. The molecule has 1 unspecified atom stereocenters. The van der Waals surface area contributed by atoms with Crippen LogP contribution in [0.15, 0.2) is 6.07 Å². The van der Waals surface area contributed by atoms with Crippen molar-refractivity contribution in [3.05, 3.63) is 33.6 Å². The molecule has 1 heterocycles. The summed E-state index contributed by atoms with van der Waals surface area (Å²) in [6, 6.07) is 1.92. The molecule has 1 N–H and O–H groups in total. The van der Waals surface area contributed by atoms with Crippen molar-refractivity contribution in [3.8, 4) is 0 Å². The van der Waals surface area contributed by atoms with Crippen LogP contribution in [-0.4, -0.2) is 13.1 Å². The Morgan fingerprint density at radius 2 is 2.13 bits per heavy atom. The van der Waals surface area contributed by atoms with Crippen LogP contribution in [0.3, 0.4) is 0 Å². The summed E-state index contributed by atoms with van der Waals surface area (Å²) >= 11 is 6.01. The maximum absolute atomic E-state index is 13.8. The molecule has 0 radical (unpaired) electrons. The van der Waals surface area contributed by atoms with Gasteiger partial charge >= 0.3 is 0 Å². The molecule has 1 fully saturated rings. The molecule has 1 saturated heterocycles. The van der Waals surface area contributed by atoms with Gasteiger partial charge in [0.05, 0.1) is 0 Å². The van der Waals surface area contributed by atoms with E-state index in [2.05, 4.69) is 5.32 Å². The van der Waals surface area contributed by atoms with E-state index in [4.69, 9.17) is 11.6 Å². The summed E-state index contributed by atoms with van der Waals surface area (Å²) in [4.78, 5) is 0. The van der Waals surface area contributed by atoms with Gasteiger partial charge in [0.1, 0.15) is 5.82 Å². The van der Waals surface area contributed by atoms with E-state index in [0.29, 0.717) is 16.5 Å². The summed E-state index contributed by atoms with van der Waals surface area (Å²) in [6.07, 6.45) is 1.07. The second kappa shape index (κ2) is 4.11. The molecular formula is C12H15ClFN. The minimum absolute atomic E-state index is 0.149. The van der Waals surface area contributed by atoms with Gasteiger partial charge in [-0.2, -0.15) is 0 Å². The molecule has 3 heteroatoms. The molecule has 15 heavy (non-hydrogen) atoms. The van der Waals surface area contributed by atoms with Crippen molar-refractivity contribution in [1.82, 2.24) is 5.32 Å². The topological polar surface area (TPSA) is 12.0 Å². The first kappa shape index (κ1) is 10.9. The zero-order valence-corrected chi connectivity index (χ0v) is 9.79. The highest BCUT2D eigenvalue weighted by Crippen LogP contribution is 2.32. The van der Waals surface area contributed by atoms with Crippen LogP contribution >= 0.6 is 11.6 Å². The number of hydrogen-bond donors (Lipinski definition) is 1. The fourth-order valence-electron chi connectivity index (χ4n) is 2.21. The predicted octanol–water partition coefficient (Wildman–Crippen LogP) is 3.17. The molecule has 1 aliphatic heterocycles. The lowest BCUT2D eigenvalue weighted by molar-refractivity contribution is 0.601. The maximum atomic E-state index is 13.8. The largest absolute Gasteiger partial charge is 0.316 e. The zero-order chi connectivity index (χ0) is 11.0. The lowest BCUT2D eigenvalue weighted by atomic mass is 9.92. The van der Waals surface area contributed by atoms with Crippen LogP contribution < -0.4 is 5.32 Å². The van der Waals surface area contributed by atoms with Crippen LogP contribution in [0.2, 0.25) is 5.02 Å². The van der Waals surface area contributed by atoms with Gasteiger partial charge in [0, 0.05) is 17.1 Å². The summed E-state index contributed by atoms with van der Waals surface area (Å²) < 4.78 is 13.8. The van der Waals surface area contributed by atoms with Gasteiger partial charge in [-0.1, -0.05) is 11.6 Å². The first-order chi connectivity index (χ1) is 7.11. The molecule has 0 aliphatic carbocycles. The van der Waals surface area contributed by atoms with E-state index in [1.54, 1.807) is 6.92 Å². The van der Waals surface area contributed by atoms with Gasteiger partial charge in [-0.15, -0.1) is 0 Å². The summed E-state index contributed by atoms with van der Waals surface area (Å²) in [6.45, 7) is 5.50. The lowest BCUT2D eigenvalue weighted by Gasteiger charge is -2.15. The maximum Gasteiger partial charge on any atom is 0.130 e. The zero-order valence-electron chi connectivity index (χ0n) is 9.03. The van der Waals surface area contributed by atoms with Crippen molar-refractivity contribution < 1.29 is 4.39 Å². The first-order valence-electron chi connectivity index (χ1n) is 5.27. The fraction of sp³-hybridized carbons (Fsp3) is 0.500. The third-order valence-corrected chi connectivity index (χ3v) is 3.62. The molecule has 0 saturated carbocycles. The van der Waals surface area contributed by atoms with Gasteiger partial charge in [-0.05, 0) is 49.9 Å². The second-order valence-corrected chi connectivity index (χ2v) is 4.61. The Labute approximate surface area is 94.6 Å². The molecule has 2 rings (SSSR count). The summed E-state index contributed by atoms with van der Waals surface area (Å²) in [5.74, 6) is 0.266. The van der Waals surface area contributed by atoms with Crippen molar-refractivity contribution in [3.63, 3.8) is 0 Å². The van der Waals surface area contributed by atoms with E-state index in [0.717, 1.165) is 30.6 Å². The molecule has 0 bridgehead atoms. The molecule has 1 aliphatic rings. The average molecular weight is 228 g/mol. The van der Waals surface area contributed by atoms with Crippen LogP contribution in [0, 0.1) is 19.7 Å². The summed E-state index contributed by atoms with van der Waals surface area (Å²) in [7, 11) is 0. The Morgan fingerprint density at radius 1 is 1.40 bits per heavy atom. The minimum atomic E-state index is -0.149. The molecule has 0 spiro atoms. The van der Waals surface area contributed by atoms with E-state index in [1.807, 2.05) is 13.0 Å². The monoisotopic (exact) mass is 227 g/mol. The average Bonchev–Trinajstić information content (AvgIpc) is 2.73. The predicted molar refractivity (Wildman–Crippen MR) is 61.1 cm³/mol. The molecule has 1 nitrogen and oxygen atoms in total. The third kappa shape index (κ3) is 1.88. The third-order valence-electron chi connectivity index (χ3n) is 3.23. The first-order valence-corrected chi connectivity index (χ1v) is 5.65. The van der Waals surface area contributed by atoms with Gasteiger partial charge < -0.3 is 5.32 Å². The van der Waals surface area contributed by atoms with Crippen molar-refractivity contribution >= 4 is 11.6 Å². The highest BCUT2D eigenvalue weighted by atomic mass is 35.5. The van der Waals surface area contributed by atoms with Crippen LogP contribution in [0.5, 0.6) is 0 Å². The second-order valence-electron chi connectivity index (χ2n) is 4.20. The number of nitrogens with one attached hydrogen (secondary N) is 1. The molecule has 82 valence electrons. The van der Waals surface area contributed by atoms with Crippen LogP contribution in [0.25, 0.3) is 0 Å². The van der Waals surface area contributed by atoms with Crippen LogP contribution in [0.1, 0.15) is 29.0 Å². The number of halogens is 2. The van der Waals surface area contributed by atoms with Gasteiger partial charge in [-0.25, -0.2) is 4.39 Å². The Kier molecular flexibility index (Phi) is 2.98. The van der Waals surface area contributed by atoms with Crippen molar-refractivity contribution in [2.24, 2.45) is 0 Å². The van der Waals surface area contributed by atoms with Gasteiger partial charge in [0.2, 0.25) is 0 Å². The standard InChI is InChI=1S/C12H15ClFN/c1-7-10(9-3-4-15-6-9)5-11(13)8(2)12(7)14/h5,9,15H,3-4,6H2,1-2H3. The number of rotatable bonds is 1. The number of hydrogen-bond acceptors (Lipinski definition) is 1. The Morgan fingerprint density at radius 3 is 2.73 bits per heavy atom. The smallest absolute Gasteiger partial charge is 0.130 e. The molecule has 1 aromatic rings. The Bertz CT molecular complexity index is 384. The summed E-state index contributed by atoms with van der Waals surface area (Å²) in [5, 5.41) is 3.83. The lowest BCUT2D eigenvalue weighted by Crippen LogP contribution is -2.09. The van der Waals surface area contributed by atoms with Crippen molar-refractivity contribution in [2.45, 2.75) is 26.2 Å². The highest BCUT2D eigenvalue weighted by molar-refractivity contribution is 6.31. The van der Waals surface area contributed by atoms with Crippen molar-refractivity contribution in [1.29, 1.82) is 0 Å². The Balaban J connectivity index is 2.47. The highest BCUT2D eigenvalue weighted by Gasteiger charge is 2.21. The van der Waals surface area contributed by atoms with Crippen molar-refractivity contribution in [2.75, 3.05) is 13.1 Å². The van der Waals surface area contributed by atoms with Crippen LogP contribution in [0.4, 0.5) is 4.39 Å². The molecule has 0 amide bonds. The SMILES string of the molecule is Cc1c(Cl)cc(C2CCNC2)c(C)c1F.